The van der Waals surface area contributed by atoms with Gasteiger partial charge in [0.15, 0.2) is 0 Å². The number of rotatable bonds is 9. The molecular weight excluding hydrogens is 246 g/mol. The number of hydrogen-bond donors (Lipinski definition) is 1. The van der Waals surface area contributed by atoms with Crippen molar-refractivity contribution in [2.75, 3.05) is 0 Å². The molecule has 2 unspecified atom stereocenters. The molecule has 2 heteroatoms. The lowest BCUT2D eigenvalue weighted by Crippen LogP contribution is -2.20. The minimum atomic E-state index is -0.351. The number of nitrogens with two attached hydrogens (primary N) is 1. The zero-order chi connectivity index (χ0) is 15.0. The molecule has 1 aromatic rings. The lowest BCUT2D eigenvalue weighted by molar-refractivity contribution is -0.115. The average molecular weight is 273 g/mol. The molecule has 2 N–H and O–H groups in total. The zero-order valence-corrected chi connectivity index (χ0v) is 12.8. The topological polar surface area (TPSA) is 43.1 Å². The molecule has 0 spiro atoms. The van der Waals surface area contributed by atoms with Crippen LogP contribution in [0.3, 0.4) is 0 Å². The highest BCUT2D eigenvalue weighted by Gasteiger charge is 2.18. The second-order valence-electron chi connectivity index (χ2n) is 5.47. The first kappa shape index (κ1) is 16.5. The predicted molar refractivity (Wildman–Crippen MR) is 85.4 cm³/mol. The number of carbonyl (C=O) groups excluding carboxylic acids is 1. The molecular formula is C18H27NO. The lowest BCUT2D eigenvalue weighted by Gasteiger charge is -2.21. The van der Waals surface area contributed by atoms with E-state index in [4.69, 9.17) is 5.73 Å². The third-order valence-electron chi connectivity index (χ3n) is 4.07. The molecule has 1 aromatic carbocycles. The van der Waals surface area contributed by atoms with Crippen LogP contribution in [0, 0.1) is 5.92 Å². The highest BCUT2D eigenvalue weighted by atomic mass is 16.1. The lowest BCUT2D eigenvalue weighted by atomic mass is 9.84. The first-order valence-electron chi connectivity index (χ1n) is 7.63. The summed E-state index contributed by atoms with van der Waals surface area (Å²) in [7, 11) is 0. The zero-order valence-electron chi connectivity index (χ0n) is 12.8. The highest BCUT2D eigenvalue weighted by molar-refractivity contribution is 5.91. The third-order valence-corrected chi connectivity index (χ3v) is 4.07. The van der Waals surface area contributed by atoms with Crippen LogP contribution in [-0.4, -0.2) is 5.91 Å². The summed E-state index contributed by atoms with van der Waals surface area (Å²) in [6.07, 6.45) is 5.23. The summed E-state index contributed by atoms with van der Waals surface area (Å²) in [5.74, 6) is 0.433. The van der Waals surface area contributed by atoms with Crippen molar-refractivity contribution in [2.24, 2.45) is 11.7 Å². The van der Waals surface area contributed by atoms with Crippen molar-refractivity contribution in [1.82, 2.24) is 0 Å². The van der Waals surface area contributed by atoms with Crippen molar-refractivity contribution >= 4 is 5.91 Å². The van der Waals surface area contributed by atoms with E-state index in [1.165, 1.54) is 5.56 Å². The van der Waals surface area contributed by atoms with Crippen LogP contribution in [0.1, 0.15) is 57.4 Å². The Labute approximate surface area is 123 Å². The Kier molecular flexibility index (Phi) is 7.06. The molecule has 20 heavy (non-hydrogen) atoms. The highest BCUT2D eigenvalue weighted by Crippen LogP contribution is 2.30. The molecule has 110 valence electrons. The van der Waals surface area contributed by atoms with Gasteiger partial charge in [-0.1, -0.05) is 57.2 Å². The molecule has 0 aliphatic carbocycles. The molecule has 1 rings (SSSR count). The summed E-state index contributed by atoms with van der Waals surface area (Å²) in [4.78, 5) is 11.3. The molecule has 0 saturated carbocycles. The van der Waals surface area contributed by atoms with Gasteiger partial charge in [-0.3, -0.25) is 4.79 Å². The van der Waals surface area contributed by atoms with E-state index >= 15 is 0 Å². The van der Waals surface area contributed by atoms with E-state index in [9.17, 15) is 4.79 Å². The Bertz CT molecular complexity index is 424. The maximum absolute atomic E-state index is 11.3. The normalized spacial score (nSPS) is 13.7. The smallest absolute Gasteiger partial charge is 0.244 e. The van der Waals surface area contributed by atoms with Gasteiger partial charge in [0.05, 0.1) is 0 Å². The van der Waals surface area contributed by atoms with E-state index in [0.29, 0.717) is 11.5 Å². The average Bonchev–Trinajstić information content (AvgIpc) is 2.47. The van der Waals surface area contributed by atoms with Gasteiger partial charge in [-0.2, -0.15) is 0 Å². The maximum atomic E-state index is 11.3. The van der Waals surface area contributed by atoms with Crippen molar-refractivity contribution in [2.45, 2.75) is 51.9 Å². The summed E-state index contributed by atoms with van der Waals surface area (Å²) in [6.45, 7) is 8.23. The maximum Gasteiger partial charge on any atom is 0.244 e. The summed E-state index contributed by atoms with van der Waals surface area (Å²) in [6, 6.07) is 10.6. The Morgan fingerprint density at radius 3 is 2.30 bits per heavy atom. The third kappa shape index (κ3) is 4.84. The number of hydrogen-bond acceptors (Lipinski definition) is 1. The van der Waals surface area contributed by atoms with Crippen LogP contribution in [0.4, 0.5) is 0 Å². The minimum Gasteiger partial charge on any atom is -0.366 e. The quantitative estimate of drug-likeness (QED) is 0.665. The molecule has 0 radical (unpaired) electrons. The molecule has 2 atom stereocenters. The standard InChI is InChI=1S/C18H27NO/c1-4-9-16(14(3)18(19)20)13-12-15(5-2)17-10-7-6-8-11-17/h6-8,10-11,15-16H,3-5,9,12-13H2,1-2H3,(H2,19,20). The van der Waals surface area contributed by atoms with Crippen molar-refractivity contribution < 1.29 is 4.79 Å². The van der Waals surface area contributed by atoms with Crippen LogP contribution >= 0.6 is 0 Å². The second kappa shape index (κ2) is 8.57. The van der Waals surface area contributed by atoms with E-state index in [1.54, 1.807) is 0 Å². The summed E-state index contributed by atoms with van der Waals surface area (Å²) < 4.78 is 0. The first-order chi connectivity index (χ1) is 9.60. The fourth-order valence-electron chi connectivity index (χ4n) is 2.78. The fourth-order valence-corrected chi connectivity index (χ4v) is 2.78. The van der Waals surface area contributed by atoms with Gasteiger partial charge in [-0.15, -0.1) is 0 Å². The van der Waals surface area contributed by atoms with Crippen molar-refractivity contribution in [3.05, 3.63) is 48.0 Å². The Balaban J connectivity index is 2.65. The van der Waals surface area contributed by atoms with Gasteiger partial charge < -0.3 is 5.73 Å². The second-order valence-corrected chi connectivity index (χ2v) is 5.47. The van der Waals surface area contributed by atoms with Crippen LogP contribution < -0.4 is 5.73 Å². The van der Waals surface area contributed by atoms with Crippen LogP contribution in [0.2, 0.25) is 0 Å². The molecule has 2 nitrogen and oxygen atoms in total. The Hall–Kier alpha value is -1.57. The molecule has 0 aromatic heterocycles. The van der Waals surface area contributed by atoms with Gasteiger partial charge in [0.2, 0.25) is 5.91 Å². The largest absolute Gasteiger partial charge is 0.366 e. The van der Waals surface area contributed by atoms with E-state index in [-0.39, 0.29) is 11.8 Å². The monoisotopic (exact) mass is 273 g/mol. The van der Waals surface area contributed by atoms with E-state index in [0.717, 1.165) is 32.1 Å². The minimum absolute atomic E-state index is 0.232. The van der Waals surface area contributed by atoms with Gasteiger partial charge in [-0.05, 0) is 43.1 Å². The summed E-state index contributed by atoms with van der Waals surface area (Å²) in [5, 5.41) is 0. The number of amides is 1. The van der Waals surface area contributed by atoms with Crippen LogP contribution in [0.25, 0.3) is 0 Å². The molecule has 0 aliphatic heterocycles. The van der Waals surface area contributed by atoms with Crippen LogP contribution in [0.5, 0.6) is 0 Å². The van der Waals surface area contributed by atoms with Gasteiger partial charge in [0, 0.05) is 5.57 Å². The molecule has 0 heterocycles. The predicted octanol–water partition coefficient (Wildman–Crippen LogP) is 4.42. The molecule has 0 aliphatic rings. The molecule has 0 saturated heterocycles. The summed E-state index contributed by atoms with van der Waals surface area (Å²) >= 11 is 0. The first-order valence-corrected chi connectivity index (χ1v) is 7.63. The Morgan fingerprint density at radius 1 is 1.15 bits per heavy atom. The number of primary amides is 1. The van der Waals surface area contributed by atoms with Gasteiger partial charge in [0.1, 0.15) is 0 Å². The van der Waals surface area contributed by atoms with Crippen molar-refractivity contribution in [1.29, 1.82) is 0 Å². The van der Waals surface area contributed by atoms with Gasteiger partial charge in [0.25, 0.3) is 0 Å². The molecule has 1 amide bonds. The van der Waals surface area contributed by atoms with Crippen molar-refractivity contribution in [3.8, 4) is 0 Å². The fraction of sp³-hybridized carbons (Fsp3) is 0.500. The van der Waals surface area contributed by atoms with Gasteiger partial charge in [-0.25, -0.2) is 0 Å². The Morgan fingerprint density at radius 2 is 1.80 bits per heavy atom. The SMILES string of the molecule is C=C(C(N)=O)C(CCC)CCC(CC)c1ccccc1. The van der Waals surface area contributed by atoms with Crippen LogP contribution in [0.15, 0.2) is 42.5 Å². The molecule has 0 bridgehead atoms. The van der Waals surface area contributed by atoms with E-state index < -0.39 is 0 Å². The van der Waals surface area contributed by atoms with E-state index in [2.05, 4.69) is 44.7 Å². The summed E-state index contributed by atoms with van der Waals surface area (Å²) in [5.41, 5.74) is 7.36. The number of carbonyl (C=O) groups is 1. The van der Waals surface area contributed by atoms with Crippen LogP contribution in [-0.2, 0) is 4.79 Å². The van der Waals surface area contributed by atoms with E-state index in [1.807, 2.05) is 6.07 Å². The number of benzene rings is 1. The van der Waals surface area contributed by atoms with Gasteiger partial charge >= 0.3 is 0 Å². The molecule has 0 fully saturated rings. The van der Waals surface area contributed by atoms with Crippen molar-refractivity contribution in [3.63, 3.8) is 0 Å².